The highest BCUT2D eigenvalue weighted by Crippen LogP contribution is 2.14. The molecule has 84 valence electrons. The van der Waals surface area contributed by atoms with Crippen molar-refractivity contribution >= 4 is 5.97 Å². The van der Waals surface area contributed by atoms with E-state index >= 15 is 0 Å². The van der Waals surface area contributed by atoms with Gasteiger partial charge in [0.15, 0.2) is 0 Å². The molecule has 0 saturated heterocycles. The summed E-state index contributed by atoms with van der Waals surface area (Å²) >= 11 is 0. The summed E-state index contributed by atoms with van der Waals surface area (Å²) in [5, 5.41) is 4.08. The predicted molar refractivity (Wildman–Crippen MR) is 57.5 cm³/mol. The summed E-state index contributed by atoms with van der Waals surface area (Å²) in [6.45, 7) is 9.27. The Bertz CT molecular complexity index is 350. The third-order valence-corrected chi connectivity index (χ3v) is 1.88. The Balaban J connectivity index is 2.69. The lowest BCUT2D eigenvalue weighted by Crippen LogP contribution is -2.29. The third kappa shape index (κ3) is 3.38. The number of hydrogen-bond acceptors (Lipinski definition) is 3. The fraction of sp³-hybridized carbons (Fsp3) is 0.636. The van der Waals surface area contributed by atoms with E-state index in [0.29, 0.717) is 0 Å². The van der Waals surface area contributed by atoms with Gasteiger partial charge in [0.2, 0.25) is 0 Å². The number of ether oxygens (including phenoxy) is 1. The molecule has 1 rings (SSSR count). The van der Waals surface area contributed by atoms with E-state index in [1.807, 2.05) is 33.9 Å². The molecule has 4 nitrogen and oxygen atoms in total. The van der Waals surface area contributed by atoms with Gasteiger partial charge in [-0.05, 0) is 40.2 Å². The van der Waals surface area contributed by atoms with E-state index in [9.17, 15) is 4.79 Å². The smallest absolute Gasteiger partial charge is 0.331 e. The van der Waals surface area contributed by atoms with Gasteiger partial charge in [-0.2, -0.15) is 5.10 Å². The Labute approximate surface area is 90.2 Å². The van der Waals surface area contributed by atoms with E-state index < -0.39 is 5.60 Å². The van der Waals surface area contributed by atoms with Gasteiger partial charge in [-0.15, -0.1) is 0 Å². The number of carbonyl (C=O) groups excluding carboxylic acids is 1. The molecule has 0 saturated carbocycles. The monoisotopic (exact) mass is 210 g/mol. The van der Waals surface area contributed by atoms with Crippen LogP contribution in [0.2, 0.25) is 0 Å². The molecule has 0 fully saturated rings. The first kappa shape index (κ1) is 11.8. The highest BCUT2D eigenvalue weighted by molar-refractivity contribution is 5.74. The van der Waals surface area contributed by atoms with Crippen molar-refractivity contribution < 1.29 is 9.53 Å². The molecule has 0 bridgehead atoms. The van der Waals surface area contributed by atoms with Crippen LogP contribution in [0.3, 0.4) is 0 Å². The molecule has 1 atom stereocenters. The first-order chi connectivity index (χ1) is 6.79. The van der Waals surface area contributed by atoms with Crippen LogP contribution in [0.5, 0.6) is 0 Å². The van der Waals surface area contributed by atoms with Crippen molar-refractivity contribution in [3.8, 4) is 0 Å². The molecular formula is C11H18N2O2. The largest absolute Gasteiger partial charge is 0.458 e. The van der Waals surface area contributed by atoms with Crippen molar-refractivity contribution in [3.05, 3.63) is 18.0 Å². The zero-order chi connectivity index (χ0) is 11.6. The lowest BCUT2D eigenvalue weighted by Gasteiger charge is -2.22. The van der Waals surface area contributed by atoms with Gasteiger partial charge in [-0.3, -0.25) is 4.68 Å². The Morgan fingerprint density at radius 3 is 2.53 bits per heavy atom. The van der Waals surface area contributed by atoms with Crippen LogP contribution in [0.25, 0.3) is 0 Å². The van der Waals surface area contributed by atoms with Crippen LogP contribution in [0.1, 0.15) is 39.3 Å². The maximum absolute atomic E-state index is 11.7. The first-order valence-corrected chi connectivity index (χ1v) is 5.03. The van der Waals surface area contributed by atoms with Gasteiger partial charge in [0.1, 0.15) is 11.6 Å². The maximum Gasteiger partial charge on any atom is 0.331 e. The summed E-state index contributed by atoms with van der Waals surface area (Å²) in [6, 6.07) is -0.377. The molecule has 0 spiro atoms. The van der Waals surface area contributed by atoms with Crippen LogP contribution in [0, 0.1) is 6.92 Å². The number of aryl methyl sites for hydroxylation is 1. The number of aromatic nitrogens is 2. The van der Waals surface area contributed by atoms with Crippen molar-refractivity contribution in [2.24, 2.45) is 0 Å². The number of hydrogen-bond donors (Lipinski definition) is 0. The van der Waals surface area contributed by atoms with Gasteiger partial charge in [0.25, 0.3) is 0 Å². The molecule has 1 aromatic heterocycles. The Hall–Kier alpha value is -1.32. The number of nitrogens with zero attached hydrogens (tertiary/aromatic N) is 2. The number of carbonyl (C=O) groups is 1. The number of esters is 1. The molecule has 1 unspecified atom stereocenters. The van der Waals surface area contributed by atoms with Gasteiger partial charge >= 0.3 is 5.97 Å². The second-order valence-corrected chi connectivity index (χ2v) is 4.71. The van der Waals surface area contributed by atoms with E-state index in [0.717, 1.165) is 5.56 Å². The van der Waals surface area contributed by atoms with E-state index in [1.54, 1.807) is 17.8 Å². The SMILES string of the molecule is Cc1cnn(C(C)C(=O)OC(C)(C)C)c1. The van der Waals surface area contributed by atoms with Gasteiger partial charge < -0.3 is 4.74 Å². The molecule has 0 N–H and O–H groups in total. The minimum atomic E-state index is -0.451. The zero-order valence-electron chi connectivity index (χ0n) is 9.94. The summed E-state index contributed by atoms with van der Waals surface area (Å²) in [4.78, 5) is 11.7. The molecule has 1 heterocycles. The van der Waals surface area contributed by atoms with Crippen LogP contribution in [-0.4, -0.2) is 21.4 Å². The van der Waals surface area contributed by atoms with Crippen molar-refractivity contribution in [1.82, 2.24) is 9.78 Å². The Morgan fingerprint density at radius 1 is 1.53 bits per heavy atom. The average molecular weight is 210 g/mol. The fourth-order valence-electron chi connectivity index (χ4n) is 1.14. The summed E-state index contributed by atoms with van der Waals surface area (Å²) in [5.41, 5.74) is 0.582. The highest BCUT2D eigenvalue weighted by Gasteiger charge is 2.23. The van der Waals surface area contributed by atoms with Crippen LogP contribution < -0.4 is 0 Å². The summed E-state index contributed by atoms with van der Waals surface area (Å²) in [7, 11) is 0. The second kappa shape index (κ2) is 4.04. The minimum Gasteiger partial charge on any atom is -0.458 e. The van der Waals surface area contributed by atoms with E-state index in [2.05, 4.69) is 5.10 Å². The summed E-state index contributed by atoms with van der Waals surface area (Å²) < 4.78 is 6.88. The van der Waals surface area contributed by atoms with E-state index in [-0.39, 0.29) is 12.0 Å². The molecule has 1 aromatic rings. The van der Waals surface area contributed by atoms with Crippen molar-refractivity contribution in [3.63, 3.8) is 0 Å². The lowest BCUT2D eigenvalue weighted by molar-refractivity contribution is -0.158. The van der Waals surface area contributed by atoms with Crippen molar-refractivity contribution in [2.75, 3.05) is 0 Å². The highest BCUT2D eigenvalue weighted by atomic mass is 16.6. The first-order valence-electron chi connectivity index (χ1n) is 5.03. The van der Waals surface area contributed by atoms with Gasteiger partial charge in [0, 0.05) is 6.20 Å². The average Bonchev–Trinajstić information content (AvgIpc) is 2.47. The molecule has 0 aliphatic heterocycles. The van der Waals surface area contributed by atoms with Crippen molar-refractivity contribution in [2.45, 2.75) is 46.3 Å². The second-order valence-electron chi connectivity index (χ2n) is 4.71. The third-order valence-electron chi connectivity index (χ3n) is 1.88. The molecule has 4 heteroatoms. The minimum absolute atomic E-state index is 0.259. The standard InChI is InChI=1S/C11H18N2O2/c1-8-6-12-13(7-8)9(2)10(14)15-11(3,4)5/h6-7,9H,1-5H3. The Morgan fingerprint density at radius 2 is 2.13 bits per heavy atom. The quantitative estimate of drug-likeness (QED) is 0.702. The van der Waals surface area contributed by atoms with Crippen LogP contribution >= 0.6 is 0 Å². The van der Waals surface area contributed by atoms with E-state index in [4.69, 9.17) is 4.74 Å². The maximum atomic E-state index is 11.7. The zero-order valence-corrected chi connectivity index (χ0v) is 9.94. The molecule has 0 amide bonds. The van der Waals surface area contributed by atoms with Gasteiger partial charge in [-0.1, -0.05) is 0 Å². The molecule has 0 aromatic carbocycles. The lowest BCUT2D eigenvalue weighted by atomic mass is 10.2. The molecule has 0 aliphatic rings. The molecule has 15 heavy (non-hydrogen) atoms. The summed E-state index contributed by atoms with van der Waals surface area (Å²) in [5.74, 6) is -0.259. The van der Waals surface area contributed by atoms with Crippen molar-refractivity contribution in [1.29, 1.82) is 0 Å². The van der Waals surface area contributed by atoms with Crippen LogP contribution in [-0.2, 0) is 9.53 Å². The molecule has 0 radical (unpaired) electrons. The number of rotatable bonds is 2. The summed E-state index contributed by atoms with van der Waals surface area (Å²) in [6.07, 6.45) is 3.55. The van der Waals surface area contributed by atoms with Gasteiger partial charge in [-0.25, -0.2) is 4.79 Å². The van der Waals surface area contributed by atoms with Crippen LogP contribution in [0.4, 0.5) is 0 Å². The predicted octanol–water partition coefficient (Wildman–Crippen LogP) is 2.09. The topological polar surface area (TPSA) is 44.1 Å². The molecule has 0 aliphatic carbocycles. The molecular weight excluding hydrogens is 192 g/mol. The Kier molecular flexibility index (Phi) is 3.17. The fourth-order valence-corrected chi connectivity index (χ4v) is 1.14. The normalized spacial score (nSPS) is 13.7. The van der Waals surface area contributed by atoms with Crippen LogP contribution in [0.15, 0.2) is 12.4 Å². The van der Waals surface area contributed by atoms with E-state index in [1.165, 1.54) is 0 Å². The van der Waals surface area contributed by atoms with Gasteiger partial charge in [0.05, 0.1) is 6.20 Å².